The van der Waals surface area contributed by atoms with Gasteiger partial charge in [0.25, 0.3) is 0 Å². The number of benzene rings is 2. The van der Waals surface area contributed by atoms with Crippen LogP contribution in [0.5, 0.6) is 0 Å². The van der Waals surface area contributed by atoms with Gasteiger partial charge in [0, 0.05) is 0 Å². The Morgan fingerprint density at radius 3 is 2.55 bits per heavy atom. The number of hydrogen-bond donors (Lipinski definition) is 0. The van der Waals surface area contributed by atoms with Gasteiger partial charge in [-0.2, -0.15) is 0 Å². The molecule has 0 heterocycles. The monoisotopic (exact) mass is 288 g/mol. The third kappa shape index (κ3) is 2.88. The smallest absolute Gasteiger partial charge is 0.126 e. The molecule has 0 saturated heterocycles. The molecule has 1 aliphatic rings. The maximum absolute atomic E-state index is 13.7. The lowest BCUT2D eigenvalue weighted by Gasteiger charge is -2.18. The van der Waals surface area contributed by atoms with Gasteiger partial charge in [-0.15, -0.1) is 11.6 Å². The fourth-order valence-electron chi connectivity index (χ4n) is 2.92. The van der Waals surface area contributed by atoms with Crippen molar-refractivity contribution in [2.75, 3.05) is 0 Å². The number of alkyl halides is 1. The second kappa shape index (κ2) is 5.97. The van der Waals surface area contributed by atoms with Crippen molar-refractivity contribution >= 4 is 11.6 Å². The predicted molar refractivity (Wildman–Crippen MR) is 81.8 cm³/mol. The fraction of sp³-hybridized carbons (Fsp3) is 0.333. The molecule has 0 radical (unpaired) electrons. The van der Waals surface area contributed by atoms with Crippen LogP contribution >= 0.6 is 11.6 Å². The SMILES string of the molecule is Fc1ccccc1CC(Cl)c1ccc2c(c1)CCCC2. The van der Waals surface area contributed by atoms with Crippen molar-refractivity contribution in [2.45, 2.75) is 37.5 Å². The zero-order valence-corrected chi connectivity index (χ0v) is 12.2. The van der Waals surface area contributed by atoms with Gasteiger partial charge < -0.3 is 0 Å². The number of fused-ring (bicyclic) bond motifs is 1. The highest BCUT2D eigenvalue weighted by Crippen LogP contribution is 2.30. The van der Waals surface area contributed by atoms with Gasteiger partial charge in [0.15, 0.2) is 0 Å². The van der Waals surface area contributed by atoms with Gasteiger partial charge in [-0.3, -0.25) is 0 Å². The van der Waals surface area contributed by atoms with Crippen molar-refractivity contribution in [3.05, 3.63) is 70.5 Å². The number of halogens is 2. The summed E-state index contributed by atoms with van der Waals surface area (Å²) in [6.45, 7) is 0. The average Bonchev–Trinajstić information content (AvgIpc) is 2.49. The fourth-order valence-corrected chi connectivity index (χ4v) is 3.23. The van der Waals surface area contributed by atoms with Crippen molar-refractivity contribution in [3.8, 4) is 0 Å². The third-order valence-corrected chi connectivity index (χ3v) is 4.50. The number of hydrogen-bond acceptors (Lipinski definition) is 0. The van der Waals surface area contributed by atoms with Gasteiger partial charge in [-0.1, -0.05) is 36.4 Å². The van der Waals surface area contributed by atoms with Crippen LogP contribution in [-0.4, -0.2) is 0 Å². The Kier molecular flexibility index (Phi) is 4.07. The van der Waals surface area contributed by atoms with E-state index in [2.05, 4.69) is 18.2 Å². The summed E-state index contributed by atoms with van der Waals surface area (Å²) in [5.41, 5.74) is 4.67. The highest BCUT2D eigenvalue weighted by molar-refractivity contribution is 6.20. The molecule has 0 spiro atoms. The summed E-state index contributed by atoms with van der Waals surface area (Å²) in [6, 6.07) is 13.4. The molecule has 20 heavy (non-hydrogen) atoms. The summed E-state index contributed by atoms with van der Waals surface area (Å²) in [5, 5.41) is -0.167. The third-order valence-electron chi connectivity index (χ3n) is 4.09. The van der Waals surface area contributed by atoms with Gasteiger partial charge in [0.05, 0.1) is 5.38 Å². The van der Waals surface area contributed by atoms with Crippen LogP contribution in [0.3, 0.4) is 0 Å². The van der Waals surface area contributed by atoms with Crippen LogP contribution in [0.2, 0.25) is 0 Å². The largest absolute Gasteiger partial charge is 0.207 e. The molecule has 0 nitrogen and oxygen atoms in total. The minimum Gasteiger partial charge on any atom is -0.207 e. The number of aryl methyl sites for hydroxylation is 2. The molecule has 2 aromatic rings. The van der Waals surface area contributed by atoms with Crippen LogP contribution in [0.15, 0.2) is 42.5 Å². The van der Waals surface area contributed by atoms with E-state index in [4.69, 9.17) is 11.6 Å². The Balaban J connectivity index is 1.80. The molecular weight excluding hydrogens is 271 g/mol. The van der Waals surface area contributed by atoms with Crippen LogP contribution in [0.1, 0.15) is 40.5 Å². The predicted octanol–water partition coefficient (Wildman–Crippen LogP) is 5.23. The van der Waals surface area contributed by atoms with Crippen LogP contribution in [0.4, 0.5) is 4.39 Å². The highest BCUT2D eigenvalue weighted by atomic mass is 35.5. The Morgan fingerprint density at radius 2 is 1.75 bits per heavy atom. The van der Waals surface area contributed by atoms with Crippen LogP contribution in [0.25, 0.3) is 0 Å². The zero-order valence-electron chi connectivity index (χ0n) is 11.4. The van der Waals surface area contributed by atoms with E-state index in [-0.39, 0.29) is 11.2 Å². The van der Waals surface area contributed by atoms with Crippen molar-refractivity contribution in [1.29, 1.82) is 0 Å². The first-order valence-electron chi connectivity index (χ1n) is 7.23. The standard InChI is InChI=1S/C18H18ClF/c19-17(12-16-7-3-4-8-18(16)20)15-10-9-13-5-1-2-6-14(13)11-15/h3-4,7-11,17H,1-2,5-6,12H2. The van der Waals surface area contributed by atoms with Crippen molar-refractivity contribution in [3.63, 3.8) is 0 Å². The van der Waals surface area contributed by atoms with Gasteiger partial charge in [0.2, 0.25) is 0 Å². The minimum absolute atomic E-state index is 0.167. The maximum Gasteiger partial charge on any atom is 0.126 e. The lowest BCUT2D eigenvalue weighted by Crippen LogP contribution is -2.05. The van der Waals surface area contributed by atoms with Gasteiger partial charge in [0.1, 0.15) is 5.82 Å². The summed E-state index contributed by atoms with van der Waals surface area (Å²) in [4.78, 5) is 0. The summed E-state index contributed by atoms with van der Waals surface area (Å²) in [5.74, 6) is -0.170. The van der Waals surface area contributed by atoms with E-state index in [9.17, 15) is 4.39 Å². The Hall–Kier alpha value is -1.34. The first-order chi connectivity index (χ1) is 9.74. The van der Waals surface area contributed by atoms with Crippen LogP contribution < -0.4 is 0 Å². The molecule has 1 atom stereocenters. The van der Waals surface area contributed by atoms with Crippen LogP contribution in [-0.2, 0) is 19.3 Å². The molecule has 2 aromatic carbocycles. The van der Waals surface area contributed by atoms with Crippen molar-refractivity contribution in [1.82, 2.24) is 0 Å². The van der Waals surface area contributed by atoms with E-state index in [1.165, 1.54) is 36.5 Å². The lowest BCUT2D eigenvalue weighted by atomic mass is 9.89. The molecule has 0 aromatic heterocycles. The van der Waals surface area contributed by atoms with Crippen LogP contribution in [0, 0.1) is 5.82 Å². The van der Waals surface area contributed by atoms with E-state index >= 15 is 0 Å². The second-order valence-electron chi connectivity index (χ2n) is 5.50. The normalized spacial score (nSPS) is 15.7. The summed E-state index contributed by atoms with van der Waals surface area (Å²) in [7, 11) is 0. The van der Waals surface area contributed by atoms with Gasteiger partial charge >= 0.3 is 0 Å². The van der Waals surface area contributed by atoms with E-state index < -0.39 is 0 Å². The highest BCUT2D eigenvalue weighted by Gasteiger charge is 2.15. The summed E-state index contributed by atoms with van der Waals surface area (Å²) < 4.78 is 13.7. The zero-order chi connectivity index (χ0) is 13.9. The molecule has 0 fully saturated rings. The molecule has 0 amide bonds. The molecule has 0 saturated carbocycles. The van der Waals surface area contributed by atoms with E-state index in [0.717, 1.165) is 12.0 Å². The lowest BCUT2D eigenvalue weighted by molar-refractivity contribution is 0.607. The Bertz CT molecular complexity index is 606. The molecule has 104 valence electrons. The van der Waals surface area contributed by atoms with E-state index in [1.54, 1.807) is 6.07 Å². The average molecular weight is 289 g/mol. The summed E-state index contributed by atoms with van der Waals surface area (Å²) in [6.07, 6.45) is 5.40. The molecule has 1 aliphatic carbocycles. The van der Waals surface area contributed by atoms with Crippen molar-refractivity contribution < 1.29 is 4.39 Å². The van der Waals surface area contributed by atoms with E-state index in [1.807, 2.05) is 12.1 Å². The van der Waals surface area contributed by atoms with Gasteiger partial charge in [-0.05, 0) is 60.4 Å². The topological polar surface area (TPSA) is 0 Å². The summed E-state index contributed by atoms with van der Waals surface area (Å²) >= 11 is 6.49. The molecule has 2 heteroatoms. The van der Waals surface area contributed by atoms with Gasteiger partial charge in [-0.25, -0.2) is 4.39 Å². The van der Waals surface area contributed by atoms with Crippen molar-refractivity contribution in [2.24, 2.45) is 0 Å². The first-order valence-corrected chi connectivity index (χ1v) is 7.67. The molecular formula is C18H18ClF. The molecule has 1 unspecified atom stereocenters. The second-order valence-corrected chi connectivity index (χ2v) is 6.03. The molecule has 3 rings (SSSR count). The maximum atomic E-state index is 13.7. The molecule has 0 N–H and O–H groups in total. The quantitative estimate of drug-likeness (QED) is 0.679. The van der Waals surface area contributed by atoms with E-state index in [0.29, 0.717) is 12.0 Å². The first kappa shape index (κ1) is 13.6. The molecule has 0 bridgehead atoms. The number of rotatable bonds is 3. The Morgan fingerprint density at radius 1 is 1.00 bits per heavy atom. The minimum atomic E-state index is -0.170. The Labute approximate surface area is 124 Å². The molecule has 0 aliphatic heterocycles.